The van der Waals surface area contributed by atoms with Crippen molar-refractivity contribution < 1.29 is 19.4 Å². The summed E-state index contributed by atoms with van der Waals surface area (Å²) in [4.78, 5) is 35.5. The van der Waals surface area contributed by atoms with Gasteiger partial charge in [0, 0.05) is 57.9 Å². The Morgan fingerprint density at radius 2 is 1.67 bits per heavy atom. The Labute approximate surface area is 212 Å². The van der Waals surface area contributed by atoms with Crippen LogP contribution in [0.2, 0.25) is 0 Å². The number of hydrogen-bond acceptors (Lipinski definition) is 6. The number of carbonyl (C=O) groups is 2. The topological polar surface area (TPSA) is 110 Å². The number of ether oxygens (including phenoxy) is 1. The molecule has 3 rings (SSSR count). The molecule has 2 aliphatic rings. The number of phenolic OH excluding ortho intramolecular Hbond substituents is 1. The molecule has 0 unspecified atom stereocenters. The first-order valence-corrected chi connectivity index (χ1v) is 11.2. The van der Waals surface area contributed by atoms with Crippen LogP contribution in [-0.4, -0.2) is 116 Å². The number of morpholine rings is 1. The zero-order chi connectivity index (χ0) is 22.8. The summed E-state index contributed by atoms with van der Waals surface area (Å²) in [6, 6.07) is 6.15. The molecule has 0 atom stereocenters. The molecule has 0 bridgehead atoms. The van der Waals surface area contributed by atoms with Gasteiger partial charge in [0.2, 0.25) is 5.91 Å². The molecule has 0 aromatic heterocycles. The highest BCUT2D eigenvalue weighted by Crippen LogP contribution is 2.09. The monoisotopic (exact) mass is 574 g/mol. The number of nitrogens with zero attached hydrogens (tertiary/aromatic N) is 4. The molecule has 2 heterocycles. The highest BCUT2D eigenvalue weighted by Gasteiger charge is 2.24. The van der Waals surface area contributed by atoms with E-state index in [0.29, 0.717) is 51.5 Å². The molecule has 0 aliphatic carbocycles. The number of nitrogens with one attached hydrogen (secondary N) is 2. The summed E-state index contributed by atoms with van der Waals surface area (Å²) in [5.41, 5.74) is 0.501. The minimum Gasteiger partial charge on any atom is -0.508 e. The number of piperazine rings is 1. The highest BCUT2D eigenvalue weighted by atomic mass is 127. The Morgan fingerprint density at radius 1 is 1.00 bits per heavy atom. The van der Waals surface area contributed by atoms with Gasteiger partial charge in [0.1, 0.15) is 5.75 Å². The number of hydrogen-bond donors (Lipinski definition) is 3. The van der Waals surface area contributed by atoms with E-state index in [0.717, 1.165) is 38.7 Å². The minimum atomic E-state index is -0.191. The number of halogens is 1. The van der Waals surface area contributed by atoms with Gasteiger partial charge in [0.15, 0.2) is 5.96 Å². The van der Waals surface area contributed by atoms with Gasteiger partial charge in [-0.15, -0.1) is 24.0 Å². The summed E-state index contributed by atoms with van der Waals surface area (Å²) < 4.78 is 5.32. The molecule has 2 amide bonds. The molecule has 1 aromatic carbocycles. The Morgan fingerprint density at radius 3 is 2.30 bits per heavy atom. The Bertz CT molecular complexity index is 778. The number of phenols is 1. The summed E-state index contributed by atoms with van der Waals surface area (Å²) in [6.07, 6.45) is 0. The first-order chi connectivity index (χ1) is 15.6. The van der Waals surface area contributed by atoms with E-state index in [-0.39, 0.29) is 41.5 Å². The zero-order valence-corrected chi connectivity index (χ0v) is 21.5. The highest BCUT2D eigenvalue weighted by molar-refractivity contribution is 14.0. The normalized spacial score (nSPS) is 17.3. The van der Waals surface area contributed by atoms with Crippen molar-refractivity contribution in [3.63, 3.8) is 0 Å². The summed E-state index contributed by atoms with van der Waals surface area (Å²) >= 11 is 0. The van der Waals surface area contributed by atoms with Gasteiger partial charge in [-0.25, -0.2) is 0 Å². The van der Waals surface area contributed by atoms with Crippen LogP contribution in [0.15, 0.2) is 29.3 Å². The Balaban J connectivity index is 0.00000385. The number of guanidine groups is 1. The first kappa shape index (κ1) is 27.1. The number of aliphatic imine (C=N–C) groups is 1. The van der Waals surface area contributed by atoms with Gasteiger partial charge in [-0.05, 0) is 31.2 Å². The van der Waals surface area contributed by atoms with Crippen LogP contribution in [0.25, 0.3) is 0 Å². The van der Waals surface area contributed by atoms with Gasteiger partial charge < -0.3 is 30.3 Å². The summed E-state index contributed by atoms with van der Waals surface area (Å²) in [6.45, 7) is 9.91. The van der Waals surface area contributed by atoms with Crippen molar-refractivity contribution in [2.24, 2.45) is 4.99 Å². The van der Waals surface area contributed by atoms with E-state index >= 15 is 0 Å². The number of amides is 2. The number of aromatic hydroxyl groups is 1. The maximum atomic E-state index is 12.5. The third-order valence-corrected chi connectivity index (χ3v) is 5.52. The molecular weight excluding hydrogens is 539 g/mol. The van der Waals surface area contributed by atoms with E-state index in [2.05, 4.69) is 25.4 Å². The molecule has 0 radical (unpaired) electrons. The SMILES string of the molecule is CCNC(=NCCNC(=O)c1ccc(O)cc1)N1CCN(CC(=O)N2CCOCC2)CC1.I. The van der Waals surface area contributed by atoms with Crippen molar-refractivity contribution in [2.75, 3.05) is 78.7 Å². The molecule has 184 valence electrons. The van der Waals surface area contributed by atoms with E-state index in [1.165, 1.54) is 12.1 Å². The molecule has 0 saturated carbocycles. The average Bonchev–Trinajstić information content (AvgIpc) is 2.82. The largest absolute Gasteiger partial charge is 0.508 e. The lowest BCUT2D eigenvalue weighted by Gasteiger charge is -2.37. The quantitative estimate of drug-likeness (QED) is 0.185. The van der Waals surface area contributed by atoms with Crippen molar-refractivity contribution in [3.05, 3.63) is 29.8 Å². The van der Waals surface area contributed by atoms with Crippen LogP contribution >= 0.6 is 24.0 Å². The summed E-state index contributed by atoms with van der Waals surface area (Å²) in [5.74, 6) is 0.938. The van der Waals surface area contributed by atoms with E-state index in [9.17, 15) is 14.7 Å². The van der Waals surface area contributed by atoms with E-state index in [1.807, 2.05) is 11.8 Å². The van der Waals surface area contributed by atoms with Crippen LogP contribution in [0.3, 0.4) is 0 Å². The molecule has 2 saturated heterocycles. The van der Waals surface area contributed by atoms with Crippen LogP contribution in [0.1, 0.15) is 17.3 Å². The summed E-state index contributed by atoms with van der Waals surface area (Å²) in [7, 11) is 0. The van der Waals surface area contributed by atoms with Gasteiger partial charge in [0.05, 0.1) is 26.3 Å². The predicted molar refractivity (Wildman–Crippen MR) is 137 cm³/mol. The number of benzene rings is 1. The van der Waals surface area contributed by atoms with Gasteiger partial charge in [-0.1, -0.05) is 0 Å². The molecule has 2 aliphatic heterocycles. The van der Waals surface area contributed by atoms with E-state index in [4.69, 9.17) is 4.74 Å². The fourth-order valence-corrected chi connectivity index (χ4v) is 3.69. The molecular formula is C22H35IN6O4. The molecule has 3 N–H and O–H groups in total. The van der Waals surface area contributed by atoms with Crippen molar-refractivity contribution >= 4 is 41.8 Å². The number of rotatable bonds is 7. The van der Waals surface area contributed by atoms with E-state index in [1.54, 1.807) is 12.1 Å². The standard InChI is InChI=1S/C22H34N6O4.HI/c1-2-23-22(25-8-7-24-21(31)18-3-5-19(29)6-4-18)28-11-9-26(10-12-28)17-20(30)27-13-15-32-16-14-27;/h3-6,29H,2,7-17H2,1H3,(H,23,25)(H,24,31);1H. The van der Waals surface area contributed by atoms with Crippen molar-refractivity contribution in [1.82, 2.24) is 25.3 Å². The number of carbonyl (C=O) groups excluding carboxylic acids is 2. The molecule has 33 heavy (non-hydrogen) atoms. The van der Waals surface area contributed by atoms with Crippen molar-refractivity contribution in [3.8, 4) is 5.75 Å². The van der Waals surface area contributed by atoms with Crippen LogP contribution < -0.4 is 10.6 Å². The van der Waals surface area contributed by atoms with Gasteiger partial charge in [-0.3, -0.25) is 19.5 Å². The lowest BCUT2D eigenvalue weighted by atomic mass is 10.2. The third-order valence-electron chi connectivity index (χ3n) is 5.52. The van der Waals surface area contributed by atoms with Crippen LogP contribution in [0.4, 0.5) is 0 Å². The molecule has 2 fully saturated rings. The molecule has 11 heteroatoms. The second-order valence-electron chi connectivity index (χ2n) is 7.79. The fourth-order valence-electron chi connectivity index (χ4n) is 3.69. The minimum absolute atomic E-state index is 0. The first-order valence-electron chi connectivity index (χ1n) is 11.2. The second-order valence-corrected chi connectivity index (χ2v) is 7.79. The van der Waals surface area contributed by atoms with Gasteiger partial charge >= 0.3 is 0 Å². The average molecular weight is 574 g/mol. The lowest BCUT2D eigenvalue weighted by Crippen LogP contribution is -2.55. The molecule has 0 spiro atoms. The fraction of sp³-hybridized carbons (Fsp3) is 0.591. The Hall–Kier alpha value is -2.12. The van der Waals surface area contributed by atoms with Crippen LogP contribution in [-0.2, 0) is 9.53 Å². The van der Waals surface area contributed by atoms with Gasteiger partial charge in [-0.2, -0.15) is 0 Å². The van der Waals surface area contributed by atoms with E-state index < -0.39 is 0 Å². The third kappa shape index (κ3) is 8.63. The van der Waals surface area contributed by atoms with Crippen molar-refractivity contribution in [1.29, 1.82) is 0 Å². The van der Waals surface area contributed by atoms with Crippen molar-refractivity contribution in [2.45, 2.75) is 6.92 Å². The lowest BCUT2D eigenvalue weighted by molar-refractivity contribution is -0.136. The van der Waals surface area contributed by atoms with Gasteiger partial charge in [0.25, 0.3) is 5.91 Å². The molecule has 10 nitrogen and oxygen atoms in total. The second kappa shape index (κ2) is 14.2. The Kier molecular flexibility index (Phi) is 11.7. The summed E-state index contributed by atoms with van der Waals surface area (Å²) in [5, 5.41) is 15.5. The smallest absolute Gasteiger partial charge is 0.251 e. The molecule has 1 aromatic rings. The van der Waals surface area contributed by atoms with Crippen LogP contribution in [0.5, 0.6) is 5.75 Å². The van der Waals surface area contributed by atoms with Crippen LogP contribution in [0, 0.1) is 0 Å². The zero-order valence-electron chi connectivity index (χ0n) is 19.2. The predicted octanol–water partition coefficient (Wildman–Crippen LogP) is 0.182. The maximum Gasteiger partial charge on any atom is 0.251 e. The maximum absolute atomic E-state index is 12.5.